The molecular weight excluding hydrogens is 503 g/mol. The van der Waals surface area contributed by atoms with E-state index in [1.165, 1.54) is 43.4 Å². The summed E-state index contributed by atoms with van der Waals surface area (Å²) in [6.45, 7) is 4.82. The first kappa shape index (κ1) is 23.1. The molecule has 190 valence electrons. The molecule has 0 aliphatic carbocycles. The number of hydrogen-bond donors (Lipinski definition) is 0. The number of rotatable bonds is 3. The summed E-state index contributed by atoms with van der Waals surface area (Å²) in [7, 11) is -1.98. The van der Waals surface area contributed by atoms with Crippen LogP contribution in [0.5, 0.6) is 0 Å². The summed E-state index contributed by atoms with van der Waals surface area (Å²) >= 11 is 0. The van der Waals surface area contributed by atoms with Gasteiger partial charge in [0.25, 0.3) is 0 Å². The molecule has 1 aliphatic rings. The maximum absolute atomic E-state index is 5.31. The van der Waals surface area contributed by atoms with Gasteiger partial charge in [-0.3, -0.25) is 0 Å². The van der Waals surface area contributed by atoms with Crippen LogP contribution < -0.4 is 10.5 Å². The fourth-order valence-electron chi connectivity index (χ4n) is 6.44. The molecule has 5 aromatic carbocycles. The van der Waals surface area contributed by atoms with Gasteiger partial charge in [-0.15, -0.1) is 0 Å². The lowest BCUT2D eigenvalue weighted by Crippen LogP contribution is -2.50. The Morgan fingerprint density at radius 1 is 0.550 bits per heavy atom. The fraction of sp³-hybridized carbons (Fsp3) is 0.0556. The zero-order valence-electron chi connectivity index (χ0n) is 22.5. The van der Waals surface area contributed by atoms with Crippen LogP contribution in [0, 0.1) is 0 Å². The molecule has 3 nitrogen and oxygen atoms in total. The topological polar surface area (TPSA) is 30.7 Å². The molecule has 40 heavy (non-hydrogen) atoms. The Bertz CT molecular complexity index is 2020. The summed E-state index contributed by atoms with van der Waals surface area (Å²) in [6.07, 6.45) is 0. The Kier molecular flexibility index (Phi) is 4.97. The number of fused-ring (bicyclic) bond motifs is 6. The molecule has 0 spiro atoms. The van der Waals surface area contributed by atoms with Crippen molar-refractivity contribution in [1.29, 1.82) is 0 Å². The molecule has 0 saturated heterocycles. The minimum atomic E-state index is -1.98. The molecule has 1 aliphatic heterocycles. The first-order valence-corrected chi connectivity index (χ1v) is 16.8. The molecule has 0 N–H and O–H groups in total. The number of benzene rings is 5. The van der Waals surface area contributed by atoms with Crippen LogP contribution in [-0.2, 0) is 0 Å². The third-order valence-corrected chi connectivity index (χ3v) is 11.7. The minimum Gasteiger partial charge on any atom is -0.309 e. The van der Waals surface area contributed by atoms with Crippen LogP contribution in [0.4, 0.5) is 0 Å². The van der Waals surface area contributed by atoms with Gasteiger partial charge >= 0.3 is 0 Å². The molecule has 0 atom stereocenters. The van der Waals surface area contributed by atoms with Gasteiger partial charge in [0.2, 0.25) is 0 Å². The van der Waals surface area contributed by atoms with E-state index in [9.17, 15) is 0 Å². The predicted octanol–water partition coefficient (Wildman–Crippen LogP) is 7.71. The molecular formula is C36H27N3Si. The van der Waals surface area contributed by atoms with Crippen molar-refractivity contribution in [2.24, 2.45) is 0 Å². The van der Waals surface area contributed by atoms with Crippen LogP contribution in [0.15, 0.2) is 127 Å². The van der Waals surface area contributed by atoms with E-state index >= 15 is 0 Å². The van der Waals surface area contributed by atoms with E-state index < -0.39 is 8.07 Å². The van der Waals surface area contributed by atoms with E-state index in [1.54, 1.807) is 0 Å². The van der Waals surface area contributed by atoms with Crippen molar-refractivity contribution in [2.75, 3.05) is 0 Å². The van der Waals surface area contributed by atoms with Gasteiger partial charge in [0.1, 0.15) is 8.07 Å². The normalized spacial score (nSPS) is 13.4. The summed E-state index contributed by atoms with van der Waals surface area (Å²) in [4.78, 5) is 10.6. The lowest BCUT2D eigenvalue weighted by Gasteiger charge is -2.19. The molecule has 7 aromatic rings. The van der Waals surface area contributed by atoms with Gasteiger partial charge in [-0.2, -0.15) is 0 Å². The summed E-state index contributed by atoms with van der Waals surface area (Å²) in [5.41, 5.74) is 9.25. The summed E-state index contributed by atoms with van der Waals surface area (Å²) in [5.74, 6) is 0.791. The van der Waals surface area contributed by atoms with Crippen LogP contribution in [0.2, 0.25) is 13.1 Å². The van der Waals surface area contributed by atoms with Gasteiger partial charge in [0, 0.05) is 38.5 Å². The van der Waals surface area contributed by atoms with E-state index in [0.717, 1.165) is 28.3 Å². The zero-order chi connectivity index (χ0) is 26.8. The van der Waals surface area contributed by atoms with Crippen LogP contribution in [-0.4, -0.2) is 22.6 Å². The van der Waals surface area contributed by atoms with Crippen LogP contribution in [0.1, 0.15) is 0 Å². The lowest BCUT2D eigenvalue weighted by atomic mass is 10.0. The Labute approximate surface area is 234 Å². The van der Waals surface area contributed by atoms with Gasteiger partial charge in [-0.1, -0.05) is 104 Å². The minimum absolute atomic E-state index is 0.791. The van der Waals surface area contributed by atoms with Gasteiger partial charge in [-0.05, 0) is 47.1 Å². The average molecular weight is 530 g/mol. The Balaban J connectivity index is 1.31. The highest BCUT2D eigenvalue weighted by Crippen LogP contribution is 2.37. The van der Waals surface area contributed by atoms with Crippen LogP contribution in [0.25, 0.3) is 61.3 Å². The van der Waals surface area contributed by atoms with E-state index in [1.807, 2.05) is 0 Å². The molecule has 2 aromatic heterocycles. The summed E-state index contributed by atoms with van der Waals surface area (Å²) in [5, 5.41) is 5.20. The Morgan fingerprint density at radius 3 is 1.85 bits per heavy atom. The van der Waals surface area contributed by atoms with Crippen molar-refractivity contribution in [3.05, 3.63) is 127 Å². The standard InChI is InChI=1S/C36H27N3Si/c1-40(2)32-19-11-8-16-29(32)33-34(24-12-4-3-5-13-24)37-35(38-36(33)40)25-20-22-26(23-21-25)39-30-17-9-6-14-27(30)28-15-7-10-18-31(28)39/h3-23H,1-2H3. The predicted molar refractivity (Wildman–Crippen MR) is 169 cm³/mol. The molecule has 3 heterocycles. The van der Waals surface area contributed by atoms with Crippen molar-refractivity contribution in [3.63, 3.8) is 0 Å². The molecule has 8 rings (SSSR count). The molecule has 0 amide bonds. The Morgan fingerprint density at radius 2 is 1.15 bits per heavy atom. The van der Waals surface area contributed by atoms with Gasteiger partial charge < -0.3 is 4.57 Å². The van der Waals surface area contributed by atoms with Crippen molar-refractivity contribution in [3.8, 4) is 39.5 Å². The third kappa shape index (κ3) is 3.29. The maximum atomic E-state index is 5.31. The van der Waals surface area contributed by atoms with E-state index in [4.69, 9.17) is 9.97 Å². The summed E-state index contributed by atoms with van der Waals surface area (Å²) in [6, 6.07) is 45.4. The lowest BCUT2D eigenvalue weighted by molar-refractivity contribution is 1.17. The highest BCUT2D eigenvalue weighted by atomic mass is 28.3. The molecule has 4 heteroatoms. The highest BCUT2D eigenvalue weighted by Gasteiger charge is 2.41. The van der Waals surface area contributed by atoms with Gasteiger partial charge in [-0.25, -0.2) is 9.97 Å². The second-order valence-corrected chi connectivity index (χ2v) is 15.3. The smallest absolute Gasteiger partial charge is 0.159 e. The molecule has 0 saturated carbocycles. The molecule has 0 bridgehead atoms. The average Bonchev–Trinajstić information content (AvgIpc) is 3.47. The van der Waals surface area contributed by atoms with Crippen molar-refractivity contribution in [2.45, 2.75) is 13.1 Å². The monoisotopic (exact) mass is 529 g/mol. The van der Waals surface area contributed by atoms with Crippen molar-refractivity contribution >= 4 is 40.4 Å². The maximum Gasteiger partial charge on any atom is 0.159 e. The van der Waals surface area contributed by atoms with E-state index in [2.05, 4.69) is 145 Å². The second-order valence-electron chi connectivity index (χ2n) is 11.1. The first-order valence-electron chi connectivity index (χ1n) is 13.8. The number of aromatic nitrogens is 3. The highest BCUT2D eigenvalue weighted by molar-refractivity contribution is 7.03. The van der Waals surface area contributed by atoms with Crippen molar-refractivity contribution < 1.29 is 0 Å². The fourth-order valence-corrected chi connectivity index (χ4v) is 9.35. The largest absolute Gasteiger partial charge is 0.309 e. The van der Waals surface area contributed by atoms with Gasteiger partial charge in [0.05, 0.1) is 16.7 Å². The molecule has 0 fully saturated rings. The van der Waals surface area contributed by atoms with Gasteiger partial charge in [0.15, 0.2) is 5.82 Å². The molecule has 0 unspecified atom stereocenters. The van der Waals surface area contributed by atoms with Crippen molar-refractivity contribution in [1.82, 2.24) is 14.5 Å². The van der Waals surface area contributed by atoms with Crippen LogP contribution >= 0.6 is 0 Å². The Hall–Kier alpha value is -4.80. The van der Waals surface area contributed by atoms with E-state index in [-0.39, 0.29) is 0 Å². The van der Waals surface area contributed by atoms with Crippen LogP contribution in [0.3, 0.4) is 0 Å². The van der Waals surface area contributed by atoms with E-state index in [0.29, 0.717) is 0 Å². The number of nitrogens with zero attached hydrogens (tertiary/aromatic N) is 3. The molecule has 0 radical (unpaired) electrons. The first-order chi connectivity index (χ1) is 19.6. The quantitative estimate of drug-likeness (QED) is 0.220. The zero-order valence-corrected chi connectivity index (χ0v) is 23.5. The number of para-hydroxylation sites is 2. The number of hydrogen-bond acceptors (Lipinski definition) is 2. The summed E-state index contributed by atoms with van der Waals surface area (Å²) < 4.78 is 2.35. The second kappa shape index (κ2) is 8.60. The SMILES string of the molecule is C[Si]1(C)c2ccccc2-c2c(-c3ccccc3)nc(-c3ccc(-n4c5ccccc5c5ccccc54)cc3)nc21. The third-order valence-electron chi connectivity index (χ3n) is 8.38.